The fraction of sp³-hybridized carbons (Fsp3) is 0.350. The highest BCUT2D eigenvalue weighted by Crippen LogP contribution is 2.25. The molecule has 0 bridgehead atoms. The van der Waals surface area contributed by atoms with Crippen LogP contribution in [-0.4, -0.2) is 52.2 Å². The van der Waals surface area contributed by atoms with Crippen molar-refractivity contribution >= 4 is 40.9 Å². The third-order valence-electron chi connectivity index (χ3n) is 4.73. The van der Waals surface area contributed by atoms with Crippen molar-refractivity contribution in [3.63, 3.8) is 0 Å². The molecule has 10 nitrogen and oxygen atoms in total. The minimum Gasteiger partial charge on any atom is -0.404 e. The van der Waals surface area contributed by atoms with Crippen LogP contribution in [0.25, 0.3) is 16.6 Å². The molecule has 30 heavy (non-hydrogen) atoms. The predicted octanol–water partition coefficient (Wildman–Crippen LogP) is -0.114. The maximum atomic E-state index is 12.8. The molecule has 1 fully saturated rings. The molecule has 1 unspecified atom stereocenters. The number of fused-ring (bicyclic) bond motifs is 1. The van der Waals surface area contributed by atoms with Gasteiger partial charge in [-0.05, 0) is 24.1 Å². The molecule has 2 aromatic rings. The molecule has 1 aliphatic rings. The molecule has 0 aliphatic carbocycles. The Kier molecular flexibility index (Phi) is 7.82. The van der Waals surface area contributed by atoms with Crippen molar-refractivity contribution in [1.82, 2.24) is 14.5 Å². The number of carbonyl (C=O) groups is 3. The number of nitrogens with one attached hydrogen (secondary N) is 1. The second-order valence-corrected chi connectivity index (χ2v) is 6.49. The number of aliphatic hydroxyl groups is 1. The Morgan fingerprint density at radius 1 is 1.30 bits per heavy atom. The van der Waals surface area contributed by atoms with E-state index in [0.717, 1.165) is 19.0 Å². The topological polar surface area (TPSA) is 149 Å². The number of aromatic nitrogens is 2. The zero-order valence-corrected chi connectivity index (χ0v) is 16.9. The number of amides is 2. The molecule has 4 N–H and O–H groups in total. The van der Waals surface area contributed by atoms with E-state index in [1.165, 1.54) is 15.3 Å². The largest absolute Gasteiger partial charge is 0.404 e. The van der Waals surface area contributed by atoms with Gasteiger partial charge in [-0.15, -0.1) is 0 Å². The summed E-state index contributed by atoms with van der Waals surface area (Å²) in [4.78, 5) is 51.0. The standard InChI is InChI=1S/C19H21N5O4.CH4O/c1-23-16-9-12(13(10-20)11-21-7-2-8-25)3-4-14(16)24(19(23)28)15-5-6-17(26)22-18(15)27;1-2/h3-4,8-11,15H,2,5-7,20H2,1H3,(H,22,26,27);2H,1H3/b13-10+,21-11?;. The molecule has 1 aromatic carbocycles. The quantitative estimate of drug-likeness (QED) is 0.259. The van der Waals surface area contributed by atoms with Crippen LogP contribution in [0.2, 0.25) is 0 Å². The highest BCUT2D eigenvalue weighted by Gasteiger charge is 2.31. The van der Waals surface area contributed by atoms with Crippen LogP contribution in [0.5, 0.6) is 0 Å². The molecule has 160 valence electrons. The summed E-state index contributed by atoms with van der Waals surface area (Å²) in [6, 6.07) is 4.60. The van der Waals surface area contributed by atoms with Crippen LogP contribution in [0.3, 0.4) is 0 Å². The summed E-state index contributed by atoms with van der Waals surface area (Å²) < 4.78 is 2.88. The van der Waals surface area contributed by atoms with E-state index < -0.39 is 11.9 Å². The lowest BCUT2D eigenvalue weighted by Gasteiger charge is -2.21. The number of aldehydes is 1. The number of carbonyl (C=O) groups excluding carboxylic acids is 3. The minimum absolute atomic E-state index is 0.189. The normalized spacial score (nSPS) is 17.0. The summed E-state index contributed by atoms with van der Waals surface area (Å²) in [7, 11) is 2.63. The Hall–Kier alpha value is -3.53. The lowest BCUT2D eigenvalue weighted by Crippen LogP contribution is -2.44. The summed E-state index contributed by atoms with van der Waals surface area (Å²) in [6.07, 6.45) is 4.58. The van der Waals surface area contributed by atoms with E-state index in [-0.39, 0.29) is 24.4 Å². The maximum Gasteiger partial charge on any atom is 0.329 e. The zero-order chi connectivity index (χ0) is 22.3. The zero-order valence-electron chi connectivity index (χ0n) is 16.9. The van der Waals surface area contributed by atoms with E-state index in [0.29, 0.717) is 29.6 Å². The molecule has 2 amide bonds. The van der Waals surface area contributed by atoms with Gasteiger partial charge in [-0.25, -0.2) is 4.79 Å². The van der Waals surface area contributed by atoms with Crippen molar-refractivity contribution in [2.24, 2.45) is 17.8 Å². The number of aliphatic hydroxyl groups excluding tert-OH is 1. The number of piperidine rings is 1. The van der Waals surface area contributed by atoms with Crippen molar-refractivity contribution in [3.05, 3.63) is 40.4 Å². The molecule has 1 aliphatic heterocycles. The van der Waals surface area contributed by atoms with Crippen LogP contribution in [0.15, 0.2) is 34.2 Å². The molecule has 1 aromatic heterocycles. The smallest absolute Gasteiger partial charge is 0.329 e. The maximum absolute atomic E-state index is 12.8. The van der Waals surface area contributed by atoms with Crippen molar-refractivity contribution in [1.29, 1.82) is 0 Å². The van der Waals surface area contributed by atoms with E-state index in [4.69, 9.17) is 10.8 Å². The van der Waals surface area contributed by atoms with Gasteiger partial charge in [-0.1, -0.05) is 6.07 Å². The summed E-state index contributed by atoms with van der Waals surface area (Å²) in [5.74, 6) is -0.803. The third kappa shape index (κ3) is 4.54. The van der Waals surface area contributed by atoms with Gasteiger partial charge in [0.05, 0.1) is 11.0 Å². The molecule has 2 heterocycles. The van der Waals surface area contributed by atoms with Crippen LogP contribution in [-0.2, 0) is 21.4 Å². The monoisotopic (exact) mass is 415 g/mol. The van der Waals surface area contributed by atoms with Crippen molar-refractivity contribution < 1.29 is 19.5 Å². The number of rotatable bonds is 6. The number of hydrogen-bond acceptors (Lipinski definition) is 7. The number of hydrogen-bond donors (Lipinski definition) is 3. The Bertz CT molecular complexity index is 1060. The van der Waals surface area contributed by atoms with E-state index in [1.54, 1.807) is 31.5 Å². The Balaban J connectivity index is 0.00000155. The number of imidazole rings is 1. The molecule has 0 spiro atoms. The highest BCUT2D eigenvalue weighted by molar-refractivity contribution is 6.10. The first-order chi connectivity index (χ1) is 14.5. The van der Waals surface area contributed by atoms with Gasteiger partial charge in [-0.3, -0.25) is 29.0 Å². The minimum atomic E-state index is -0.728. The third-order valence-corrected chi connectivity index (χ3v) is 4.73. The second kappa shape index (κ2) is 10.3. The first-order valence-corrected chi connectivity index (χ1v) is 9.33. The van der Waals surface area contributed by atoms with Crippen molar-refractivity contribution in [3.8, 4) is 0 Å². The number of benzene rings is 1. The van der Waals surface area contributed by atoms with Gasteiger partial charge in [0.2, 0.25) is 11.8 Å². The van der Waals surface area contributed by atoms with E-state index in [2.05, 4.69) is 10.3 Å². The van der Waals surface area contributed by atoms with Crippen LogP contribution in [0.1, 0.15) is 30.9 Å². The Labute approximate surface area is 172 Å². The molecule has 10 heteroatoms. The summed E-state index contributed by atoms with van der Waals surface area (Å²) >= 11 is 0. The number of imide groups is 1. The number of allylic oxidation sites excluding steroid dienone is 1. The Morgan fingerprint density at radius 2 is 2.03 bits per heavy atom. The van der Waals surface area contributed by atoms with Crippen LogP contribution in [0.4, 0.5) is 0 Å². The lowest BCUT2D eigenvalue weighted by molar-refractivity contribution is -0.135. The van der Waals surface area contributed by atoms with Crippen LogP contribution >= 0.6 is 0 Å². The molecule has 1 saturated heterocycles. The second-order valence-electron chi connectivity index (χ2n) is 6.49. The summed E-state index contributed by atoms with van der Waals surface area (Å²) in [6.45, 7) is 0.369. The lowest BCUT2D eigenvalue weighted by atomic mass is 10.0. The fourth-order valence-electron chi connectivity index (χ4n) is 3.28. The van der Waals surface area contributed by atoms with Gasteiger partial charge >= 0.3 is 5.69 Å². The fourth-order valence-corrected chi connectivity index (χ4v) is 3.28. The number of nitrogens with two attached hydrogens (primary N) is 1. The van der Waals surface area contributed by atoms with Crippen LogP contribution < -0.4 is 16.7 Å². The average molecular weight is 415 g/mol. The van der Waals surface area contributed by atoms with E-state index >= 15 is 0 Å². The van der Waals surface area contributed by atoms with Gasteiger partial charge in [0, 0.05) is 51.5 Å². The van der Waals surface area contributed by atoms with Crippen molar-refractivity contribution in [2.75, 3.05) is 13.7 Å². The summed E-state index contributed by atoms with van der Waals surface area (Å²) in [5.41, 5.74) is 8.00. The summed E-state index contributed by atoms with van der Waals surface area (Å²) in [5, 5.41) is 9.29. The molecular formula is C20H25N5O5. The number of aliphatic imine (C=N–C) groups is 1. The molecular weight excluding hydrogens is 390 g/mol. The van der Waals surface area contributed by atoms with Crippen molar-refractivity contribution in [2.45, 2.75) is 25.3 Å². The van der Waals surface area contributed by atoms with Gasteiger partial charge in [-0.2, -0.15) is 0 Å². The van der Waals surface area contributed by atoms with Gasteiger partial charge < -0.3 is 15.6 Å². The van der Waals surface area contributed by atoms with Crippen LogP contribution in [0, 0.1) is 0 Å². The molecule has 3 rings (SSSR count). The predicted molar refractivity (Wildman–Crippen MR) is 113 cm³/mol. The first kappa shape index (κ1) is 22.8. The molecule has 1 atom stereocenters. The average Bonchev–Trinajstić information content (AvgIpc) is 3.00. The highest BCUT2D eigenvalue weighted by atomic mass is 16.2. The van der Waals surface area contributed by atoms with Gasteiger partial charge in [0.15, 0.2) is 0 Å². The number of aryl methyl sites for hydroxylation is 1. The number of nitrogens with zero attached hydrogens (tertiary/aromatic N) is 3. The van der Waals surface area contributed by atoms with Gasteiger partial charge in [0.25, 0.3) is 0 Å². The van der Waals surface area contributed by atoms with E-state index in [1.807, 2.05) is 0 Å². The SMILES string of the molecule is CO.Cn1c(=O)n(C2CCC(=O)NC2=O)c2ccc(/C(C=NCCC=O)=C/N)cc21. The van der Waals surface area contributed by atoms with Gasteiger partial charge in [0.1, 0.15) is 12.3 Å². The molecule has 0 radical (unpaired) electrons. The molecule has 0 saturated carbocycles. The van der Waals surface area contributed by atoms with E-state index in [9.17, 15) is 19.2 Å². The first-order valence-electron chi connectivity index (χ1n) is 9.33. The Morgan fingerprint density at radius 3 is 2.67 bits per heavy atom.